The minimum absolute atomic E-state index is 0.00666. The zero-order valence-electron chi connectivity index (χ0n) is 17.8. The van der Waals surface area contributed by atoms with E-state index in [1.54, 1.807) is 67.6 Å². The van der Waals surface area contributed by atoms with Gasteiger partial charge >= 0.3 is 0 Å². The molecule has 33 heavy (non-hydrogen) atoms. The van der Waals surface area contributed by atoms with E-state index in [0.717, 1.165) is 12.8 Å². The Kier molecular flexibility index (Phi) is 6.40. The van der Waals surface area contributed by atoms with Crippen molar-refractivity contribution in [3.63, 3.8) is 0 Å². The van der Waals surface area contributed by atoms with E-state index in [-0.39, 0.29) is 16.7 Å². The van der Waals surface area contributed by atoms with E-state index in [4.69, 9.17) is 11.6 Å². The van der Waals surface area contributed by atoms with Crippen LogP contribution in [0, 0.1) is 12.8 Å². The molecule has 7 nitrogen and oxygen atoms in total. The average Bonchev–Trinajstić information content (AvgIpc) is 3.62. The average molecular weight is 484 g/mol. The van der Waals surface area contributed by atoms with Gasteiger partial charge in [0, 0.05) is 33.6 Å². The van der Waals surface area contributed by atoms with Crippen molar-refractivity contribution in [1.82, 2.24) is 0 Å². The van der Waals surface area contributed by atoms with Crippen LogP contribution in [0.3, 0.4) is 0 Å². The lowest BCUT2D eigenvalue weighted by Gasteiger charge is -2.13. The molecule has 3 aromatic rings. The van der Waals surface area contributed by atoms with Gasteiger partial charge < -0.3 is 10.6 Å². The number of rotatable bonds is 7. The van der Waals surface area contributed by atoms with Gasteiger partial charge in [-0.3, -0.25) is 14.3 Å². The van der Waals surface area contributed by atoms with Gasteiger partial charge in [0.25, 0.3) is 15.9 Å². The Labute approximate surface area is 197 Å². The summed E-state index contributed by atoms with van der Waals surface area (Å²) in [6.07, 6.45) is 1.83. The summed E-state index contributed by atoms with van der Waals surface area (Å²) >= 11 is 5.85. The minimum atomic E-state index is -3.88. The monoisotopic (exact) mass is 483 g/mol. The van der Waals surface area contributed by atoms with Gasteiger partial charge in [-0.2, -0.15) is 0 Å². The maximum atomic E-state index is 12.9. The van der Waals surface area contributed by atoms with Crippen LogP contribution in [0.1, 0.15) is 28.8 Å². The molecule has 1 fully saturated rings. The Bertz CT molecular complexity index is 1300. The number of anilines is 3. The molecule has 1 saturated carbocycles. The van der Waals surface area contributed by atoms with Crippen LogP contribution in [0.2, 0.25) is 5.02 Å². The van der Waals surface area contributed by atoms with Crippen molar-refractivity contribution in [2.24, 2.45) is 5.92 Å². The normalized spacial score (nSPS) is 13.3. The van der Waals surface area contributed by atoms with Crippen molar-refractivity contribution in [3.8, 4) is 0 Å². The van der Waals surface area contributed by atoms with Crippen molar-refractivity contribution >= 4 is 50.5 Å². The molecule has 2 amide bonds. The lowest BCUT2D eigenvalue weighted by atomic mass is 10.1. The molecule has 0 atom stereocenters. The number of amides is 2. The van der Waals surface area contributed by atoms with E-state index in [1.165, 1.54) is 6.07 Å². The van der Waals surface area contributed by atoms with E-state index < -0.39 is 15.9 Å². The van der Waals surface area contributed by atoms with E-state index >= 15 is 0 Å². The molecule has 0 spiro atoms. The first-order valence-corrected chi connectivity index (χ1v) is 12.2. The SMILES string of the molecule is Cc1ccc(NC(=O)c2ccc(NC(=O)C3CC3)cc2)cc1S(=O)(=O)Nc1ccc(Cl)cc1. The van der Waals surface area contributed by atoms with Crippen LogP contribution in [0.5, 0.6) is 0 Å². The van der Waals surface area contributed by atoms with Gasteiger partial charge in [-0.05, 0) is 86.0 Å². The largest absolute Gasteiger partial charge is 0.326 e. The summed E-state index contributed by atoms with van der Waals surface area (Å²) in [5.74, 6) is -0.310. The molecular formula is C24H22ClN3O4S. The maximum absolute atomic E-state index is 12.9. The molecule has 0 heterocycles. The molecule has 0 unspecified atom stereocenters. The molecule has 0 saturated heterocycles. The minimum Gasteiger partial charge on any atom is -0.326 e. The van der Waals surface area contributed by atoms with Gasteiger partial charge in [-0.1, -0.05) is 17.7 Å². The third kappa shape index (κ3) is 5.71. The third-order valence-electron chi connectivity index (χ3n) is 5.19. The van der Waals surface area contributed by atoms with Gasteiger partial charge in [0.2, 0.25) is 5.91 Å². The fourth-order valence-corrected chi connectivity index (χ4v) is 4.65. The summed E-state index contributed by atoms with van der Waals surface area (Å²) < 4.78 is 28.3. The van der Waals surface area contributed by atoms with Crippen LogP contribution in [-0.4, -0.2) is 20.2 Å². The first kappa shape index (κ1) is 22.8. The molecule has 1 aliphatic rings. The number of halogens is 1. The van der Waals surface area contributed by atoms with Crippen LogP contribution in [0.4, 0.5) is 17.1 Å². The highest BCUT2D eigenvalue weighted by molar-refractivity contribution is 7.92. The Hall–Kier alpha value is -3.36. The Morgan fingerprint density at radius 3 is 2.09 bits per heavy atom. The Morgan fingerprint density at radius 2 is 1.45 bits per heavy atom. The van der Waals surface area contributed by atoms with Crippen molar-refractivity contribution < 1.29 is 18.0 Å². The predicted octanol–water partition coefficient (Wildman–Crippen LogP) is 5.05. The molecule has 1 aliphatic carbocycles. The summed E-state index contributed by atoms with van der Waals surface area (Å²) in [5.41, 5.74) is 2.25. The standard InChI is InChI=1S/C24H22ClN3O4S/c1-15-2-9-21(14-22(15)33(31,32)28-20-12-7-18(25)8-13-20)27-24(30)17-5-10-19(11-6-17)26-23(29)16-3-4-16/h2,5-14,16,28H,3-4H2,1H3,(H,26,29)(H,27,30). The summed E-state index contributed by atoms with van der Waals surface area (Å²) in [5, 5.41) is 6.04. The summed E-state index contributed by atoms with van der Waals surface area (Å²) in [4.78, 5) is 24.6. The van der Waals surface area contributed by atoms with Crippen LogP contribution < -0.4 is 15.4 Å². The second-order valence-electron chi connectivity index (χ2n) is 7.89. The van der Waals surface area contributed by atoms with Gasteiger partial charge in [-0.15, -0.1) is 0 Å². The van der Waals surface area contributed by atoms with Gasteiger partial charge in [0.05, 0.1) is 4.90 Å². The lowest BCUT2D eigenvalue weighted by Crippen LogP contribution is -2.16. The number of carbonyl (C=O) groups excluding carboxylic acids is 2. The molecule has 0 aliphatic heterocycles. The number of benzene rings is 3. The Balaban J connectivity index is 1.47. The smallest absolute Gasteiger partial charge is 0.262 e. The fourth-order valence-electron chi connectivity index (χ4n) is 3.19. The van der Waals surface area contributed by atoms with Crippen molar-refractivity contribution in [1.29, 1.82) is 0 Å². The number of hydrogen-bond acceptors (Lipinski definition) is 4. The van der Waals surface area contributed by atoms with E-state index in [1.807, 2.05) is 0 Å². The summed E-state index contributed by atoms with van der Waals surface area (Å²) in [6, 6.07) is 17.5. The maximum Gasteiger partial charge on any atom is 0.262 e. The third-order valence-corrected chi connectivity index (χ3v) is 6.97. The predicted molar refractivity (Wildman–Crippen MR) is 129 cm³/mol. The molecule has 4 rings (SSSR count). The molecule has 0 radical (unpaired) electrons. The van der Waals surface area contributed by atoms with Crippen molar-refractivity contribution in [3.05, 3.63) is 82.9 Å². The fraction of sp³-hybridized carbons (Fsp3) is 0.167. The van der Waals surface area contributed by atoms with Crippen LogP contribution in [-0.2, 0) is 14.8 Å². The van der Waals surface area contributed by atoms with E-state index in [9.17, 15) is 18.0 Å². The number of carbonyl (C=O) groups is 2. The second kappa shape index (κ2) is 9.25. The molecule has 9 heteroatoms. The zero-order chi connectivity index (χ0) is 23.6. The number of nitrogens with one attached hydrogen (secondary N) is 3. The van der Waals surface area contributed by atoms with Gasteiger partial charge in [0.1, 0.15) is 0 Å². The molecule has 3 N–H and O–H groups in total. The number of sulfonamides is 1. The quantitative estimate of drug-likeness (QED) is 0.437. The second-order valence-corrected chi connectivity index (χ2v) is 9.97. The highest BCUT2D eigenvalue weighted by Gasteiger charge is 2.29. The summed E-state index contributed by atoms with van der Waals surface area (Å²) in [7, 11) is -3.88. The molecular weight excluding hydrogens is 462 g/mol. The molecule has 3 aromatic carbocycles. The van der Waals surface area contributed by atoms with Gasteiger partial charge in [-0.25, -0.2) is 8.42 Å². The number of aryl methyl sites for hydroxylation is 1. The lowest BCUT2D eigenvalue weighted by molar-refractivity contribution is -0.117. The van der Waals surface area contributed by atoms with E-state index in [2.05, 4.69) is 15.4 Å². The van der Waals surface area contributed by atoms with Crippen molar-refractivity contribution in [2.75, 3.05) is 15.4 Å². The zero-order valence-corrected chi connectivity index (χ0v) is 19.3. The van der Waals surface area contributed by atoms with Gasteiger partial charge in [0.15, 0.2) is 0 Å². The topological polar surface area (TPSA) is 104 Å². The van der Waals surface area contributed by atoms with Crippen LogP contribution in [0.25, 0.3) is 0 Å². The number of hydrogen-bond donors (Lipinski definition) is 3. The van der Waals surface area contributed by atoms with Crippen molar-refractivity contribution in [2.45, 2.75) is 24.7 Å². The Morgan fingerprint density at radius 1 is 0.848 bits per heavy atom. The van der Waals surface area contributed by atoms with Crippen LogP contribution in [0.15, 0.2) is 71.6 Å². The highest BCUT2D eigenvalue weighted by Crippen LogP contribution is 2.30. The molecule has 0 bridgehead atoms. The highest BCUT2D eigenvalue weighted by atomic mass is 35.5. The molecule has 170 valence electrons. The molecule has 0 aromatic heterocycles. The van der Waals surface area contributed by atoms with E-state index in [0.29, 0.717) is 33.2 Å². The first-order valence-electron chi connectivity index (χ1n) is 10.3. The van der Waals surface area contributed by atoms with Crippen LogP contribution >= 0.6 is 11.6 Å². The summed E-state index contributed by atoms with van der Waals surface area (Å²) in [6.45, 7) is 1.68. The first-order chi connectivity index (χ1) is 15.7.